The van der Waals surface area contributed by atoms with Crippen LogP contribution in [0, 0.1) is 20.8 Å². The first-order chi connectivity index (χ1) is 19.7. The predicted octanol–water partition coefficient (Wildman–Crippen LogP) is 8.77. The Hall–Kier alpha value is -2.62. The van der Waals surface area contributed by atoms with Crippen molar-refractivity contribution in [3.05, 3.63) is 72.6 Å². The van der Waals surface area contributed by atoms with Crippen molar-refractivity contribution in [3.8, 4) is 5.75 Å². The maximum atomic E-state index is 13.9. The van der Waals surface area contributed by atoms with E-state index in [4.69, 9.17) is 23.2 Å². The average molecular weight is 642 g/mol. The Balaban J connectivity index is 1.23. The van der Waals surface area contributed by atoms with Crippen LogP contribution in [-0.2, 0) is 0 Å². The van der Waals surface area contributed by atoms with Crippen LogP contribution in [0.3, 0.4) is 0 Å². The number of phenols is 1. The van der Waals surface area contributed by atoms with Crippen LogP contribution >= 0.6 is 57.2 Å². The Labute approximate surface area is 259 Å². The molecule has 0 aliphatic carbocycles. The van der Waals surface area contributed by atoms with Gasteiger partial charge in [-0.1, -0.05) is 0 Å². The largest absolute Gasteiger partial charge is 0.506 e. The molecule has 210 valence electrons. The third kappa shape index (κ3) is 3.98. The van der Waals surface area contributed by atoms with Gasteiger partial charge in [-0.25, -0.2) is 0 Å². The van der Waals surface area contributed by atoms with Gasteiger partial charge in [-0.3, -0.25) is 9.59 Å². The van der Waals surface area contributed by atoms with Crippen molar-refractivity contribution < 1.29 is 14.7 Å². The van der Waals surface area contributed by atoms with Crippen LogP contribution in [0.15, 0.2) is 35.0 Å². The van der Waals surface area contributed by atoms with E-state index in [0.29, 0.717) is 40.3 Å². The number of carbonyl (C=O) groups is 2. The molecule has 2 aliphatic heterocycles. The highest BCUT2D eigenvalue weighted by molar-refractivity contribution is 7.18. The molecule has 2 atom stereocenters. The van der Waals surface area contributed by atoms with Gasteiger partial charge in [-0.15, -0.1) is 57.2 Å². The van der Waals surface area contributed by atoms with Gasteiger partial charge < -0.3 is 14.9 Å². The van der Waals surface area contributed by atoms with E-state index in [1.165, 1.54) is 38.3 Å². The number of aromatic hydroxyl groups is 1. The molecule has 10 heteroatoms. The lowest BCUT2D eigenvalue weighted by Gasteiger charge is -2.18. The molecule has 0 bridgehead atoms. The van der Waals surface area contributed by atoms with Gasteiger partial charge in [0.05, 0.1) is 20.1 Å². The van der Waals surface area contributed by atoms with Gasteiger partial charge in [0.2, 0.25) is 0 Å². The summed E-state index contributed by atoms with van der Waals surface area (Å²) >= 11 is 17.3. The topological polar surface area (TPSA) is 60.9 Å². The number of hydrogen-bond acceptors (Lipinski definition) is 6. The highest BCUT2D eigenvalue weighted by Crippen LogP contribution is 2.49. The summed E-state index contributed by atoms with van der Waals surface area (Å²) in [5.41, 5.74) is 7.19. The molecule has 5 heterocycles. The number of halogens is 2. The molecule has 5 nitrogen and oxygen atoms in total. The molecular weight excluding hydrogens is 615 g/mol. The zero-order chi connectivity index (χ0) is 28.7. The Bertz CT molecular complexity index is 1770. The van der Waals surface area contributed by atoms with Crippen LogP contribution in [0.1, 0.15) is 59.0 Å². The first kappa shape index (κ1) is 27.2. The van der Waals surface area contributed by atoms with Crippen molar-refractivity contribution in [2.75, 3.05) is 34.6 Å². The van der Waals surface area contributed by atoms with Crippen LogP contribution in [0.4, 0.5) is 11.4 Å². The van der Waals surface area contributed by atoms with Crippen molar-refractivity contribution in [2.24, 2.45) is 0 Å². The summed E-state index contributed by atoms with van der Waals surface area (Å²) in [5.74, 6) is 0.655. The summed E-state index contributed by atoms with van der Waals surface area (Å²) in [6.45, 7) is 7.16. The van der Waals surface area contributed by atoms with Crippen LogP contribution in [0.5, 0.6) is 5.75 Å². The normalized spacial score (nSPS) is 18.1. The second kappa shape index (κ2) is 9.99. The first-order valence-electron chi connectivity index (χ1n) is 13.3. The van der Waals surface area contributed by atoms with E-state index in [1.54, 1.807) is 34.4 Å². The number of carbonyl (C=O) groups excluding carboxylic acids is 2. The molecule has 1 N–H and O–H groups in total. The minimum Gasteiger partial charge on any atom is -0.506 e. The summed E-state index contributed by atoms with van der Waals surface area (Å²) < 4.78 is 2.07. The van der Waals surface area contributed by atoms with Crippen molar-refractivity contribution in [2.45, 2.75) is 32.6 Å². The van der Waals surface area contributed by atoms with Crippen molar-refractivity contribution in [1.29, 1.82) is 0 Å². The summed E-state index contributed by atoms with van der Waals surface area (Å²) in [6.07, 6.45) is 0. The van der Waals surface area contributed by atoms with Crippen LogP contribution in [-0.4, -0.2) is 41.8 Å². The number of rotatable bonds is 4. The Morgan fingerprint density at radius 1 is 0.805 bits per heavy atom. The highest BCUT2D eigenvalue weighted by atomic mass is 35.5. The number of benzene rings is 2. The summed E-state index contributed by atoms with van der Waals surface area (Å²) in [6, 6.07) is 7.26. The number of fused-ring (bicyclic) bond motifs is 6. The fourth-order valence-electron chi connectivity index (χ4n) is 6.48. The van der Waals surface area contributed by atoms with Gasteiger partial charge in [0.25, 0.3) is 11.8 Å². The maximum Gasteiger partial charge on any atom is 0.268 e. The molecule has 0 unspecified atom stereocenters. The Morgan fingerprint density at radius 2 is 1.29 bits per heavy atom. The fraction of sp³-hybridized carbons (Fsp3) is 0.290. The number of alkyl halides is 2. The number of aryl methyl sites for hydroxylation is 3. The molecule has 0 radical (unpaired) electrons. The molecule has 7 rings (SSSR count). The van der Waals surface area contributed by atoms with Crippen molar-refractivity contribution in [3.63, 3.8) is 0 Å². The molecule has 0 saturated carbocycles. The van der Waals surface area contributed by atoms with Gasteiger partial charge in [-0.05, 0) is 77.5 Å². The molecular formula is C31H26Cl2N2O3S3. The predicted molar refractivity (Wildman–Crippen MR) is 174 cm³/mol. The van der Waals surface area contributed by atoms with E-state index in [9.17, 15) is 14.7 Å². The number of hydrogen-bond donors (Lipinski definition) is 1. The zero-order valence-corrected chi connectivity index (χ0v) is 26.5. The van der Waals surface area contributed by atoms with Gasteiger partial charge >= 0.3 is 0 Å². The van der Waals surface area contributed by atoms with Gasteiger partial charge in [-0.2, -0.15) is 0 Å². The van der Waals surface area contributed by atoms with E-state index < -0.39 is 0 Å². The Kier molecular flexibility index (Phi) is 6.63. The molecule has 3 aromatic heterocycles. The zero-order valence-electron chi connectivity index (χ0n) is 22.6. The minimum absolute atomic E-state index is 0.0395. The number of anilines is 2. The number of nitrogens with zero attached hydrogens (tertiary/aromatic N) is 2. The lowest BCUT2D eigenvalue weighted by molar-refractivity contribution is 0.0986. The summed E-state index contributed by atoms with van der Waals surface area (Å²) in [7, 11) is 0. The maximum absolute atomic E-state index is 13.9. The second-order valence-electron chi connectivity index (χ2n) is 10.9. The minimum atomic E-state index is -0.193. The highest BCUT2D eigenvalue weighted by Gasteiger charge is 2.38. The Morgan fingerprint density at radius 3 is 1.83 bits per heavy atom. The van der Waals surface area contributed by atoms with E-state index in [-0.39, 0.29) is 29.4 Å². The van der Waals surface area contributed by atoms with Gasteiger partial charge in [0.15, 0.2) is 0 Å². The van der Waals surface area contributed by atoms with Crippen LogP contribution < -0.4 is 9.80 Å². The standard InChI is InChI=1S/C31H26Cl2N2O3S3/c1-14-6-19-26(24-15(2)12-39-28(14)24)17(8-32)10-34(19)30(37)22-4-5-23(41-22)31(38)35-11-18(9-33)27-20(35)7-21(36)29-25(27)16(3)13-40-29/h4-7,12-13,17-18,36H,8-11H2,1-3H3/t17-,18-/m1/s1. The van der Waals surface area contributed by atoms with E-state index in [0.717, 1.165) is 38.0 Å². The average Bonchev–Trinajstić information content (AvgIpc) is 3.78. The lowest BCUT2D eigenvalue weighted by atomic mass is 9.95. The molecule has 0 fully saturated rings. The number of thiophene rings is 3. The lowest BCUT2D eigenvalue weighted by Crippen LogP contribution is -2.30. The molecule has 5 aromatic rings. The fourth-order valence-corrected chi connectivity index (χ4v) is 9.91. The molecule has 2 aliphatic rings. The van der Waals surface area contributed by atoms with Crippen molar-refractivity contribution in [1.82, 2.24) is 0 Å². The van der Waals surface area contributed by atoms with Crippen LogP contribution in [0.25, 0.3) is 20.2 Å². The molecule has 41 heavy (non-hydrogen) atoms. The molecule has 2 amide bonds. The molecule has 0 spiro atoms. The number of phenolic OH excluding ortho intramolecular Hbond substituents is 1. The van der Waals surface area contributed by atoms with E-state index >= 15 is 0 Å². The molecule has 0 saturated heterocycles. The number of amides is 2. The third-order valence-electron chi connectivity index (χ3n) is 8.35. The monoisotopic (exact) mass is 640 g/mol. The van der Waals surface area contributed by atoms with E-state index in [1.807, 2.05) is 17.2 Å². The molecule has 2 aromatic carbocycles. The van der Waals surface area contributed by atoms with Gasteiger partial charge in [0.1, 0.15) is 5.75 Å². The van der Waals surface area contributed by atoms with E-state index in [2.05, 4.69) is 25.3 Å². The quantitative estimate of drug-likeness (QED) is 0.200. The first-order valence-corrected chi connectivity index (χ1v) is 17.0. The van der Waals surface area contributed by atoms with Crippen molar-refractivity contribution >= 4 is 101 Å². The summed E-state index contributed by atoms with van der Waals surface area (Å²) in [5, 5.41) is 17.2. The smallest absolute Gasteiger partial charge is 0.268 e. The van der Waals surface area contributed by atoms with Gasteiger partial charge in [0, 0.05) is 63.9 Å². The van der Waals surface area contributed by atoms with Crippen LogP contribution in [0.2, 0.25) is 0 Å². The SMILES string of the molecule is Cc1cc2c(c3c(C)csc13)[C@H](CCl)CN2C(=O)c1ccc(C(=O)N2C[C@@H](CCl)c3c2cc(O)c2scc(C)c32)s1. The third-order valence-corrected chi connectivity index (χ3v) is 12.5. The summed E-state index contributed by atoms with van der Waals surface area (Å²) in [4.78, 5) is 32.3. The second-order valence-corrected chi connectivity index (χ2v) is 14.4.